The molecule has 0 aliphatic rings. The van der Waals surface area contributed by atoms with Crippen LogP contribution in [0.15, 0.2) is 46.9 Å². The van der Waals surface area contributed by atoms with Gasteiger partial charge in [0.25, 0.3) is 0 Å². The number of nitrogens with one attached hydrogen (secondary N) is 1. The first kappa shape index (κ1) is 20.8. The summed E-state index contributed by atoms with van der Waals surface area (Å²) in [6.07, 6.45) is -0.541. The van der Waals surface area contributed by atoms with Crippen LogP contribution < -0.4 is 14.8 Å². The Hall–Kier alpha value is -1.27. The highest BCUT2D eigenvalue weighted by Gasteiger charge is 2.13. The molecule has 24 heavy (non-hydrogen) atoms. The fourth-order valence-corrected chi connectivity index (χ4v) is 2.83. The molecule has 2 aromatic carbocycles. The van der Waals surface area contributed by atoms with Crippen molar-refractivity contribution in [2.24, 2.45) is 0 Å². The maximum Gasteiger partial charge on any atom is 0.165 e. The number of aliphatic hydroxyl groups is 1. The van der Waals surface area contributed by atoms with E-state index < -0.39 is 6.10 Å². The highest BCUT2D eigenvalue weighted by atomic mass is 79.9. The fourth-order valence-electron chi connectivity index (χ4n) is 2.35. The summed E-state index contributed by atoms with van der Waals surface area (Å²) in [4.78, 5) is 0. The van der Waals surface area contributed by atoms with Crippen molar-refractivity contribution >= 4 is 28.3 Å². The van der Waals surface area contributed by atoms with Gasteiger partial charge in [0.05, 0.1) is 19.8 Å². The van der Waals surface area contributed by atoms with Gasteiger partial charge in [-0.15, -0.1) is 12.4 Å². The smallest absolute Gasteiger partial charge is 0.165 e. The predicted octanol–water partition coefficient (Wildman–Crippen LogP) is 4.10. The van der Waals surface area contributed by atoms with Crippen LogP contribution in [0.2, 0.25) is 0 Å². The molecule has 0 saturated carbocycles. The van der Waals surface area contributed by atoms with Crippen molar-refractivity contribution < 1.29 is 14.6 Å². The van der Waals surface area contributed by atoms with Gasteiger partial charge in [-0.3, -0.25) is 0 Å². The number of hydrogen-bond donors (Lipinski definition) is 2. The molecule has 0 fully saturated rings. The number of halogens is 2. The van der Waals surface area contributed by atoms with E-state index in [9.17, 15) is 5.11 Å². The van der Waals surface area contributed by atoms with E-state index in [0.29, 0.717) is 25.4 Å². The van der Waals surface area contributed by atoms with Crippen LogP contribution in [-0.2, 0) is 6.54 Å². The van der Waals surface area contributed by atoms with Crippen LogP contribution in [0.1, 0.15) is 24.2 Å². The van der Waals surface area contributed by atoms with Gasteiger partial charge in [-0.05, 0) is 24.6 Å². The molecule has 6 heteroatoms. The van der Waals surface area contributed by atoms with Gasteiger partial charge in [-0.1, -0.05) is 46.3 Å². The Bertz CT molecular complexity index is 625. The molecule has 4 nitrogen and oxygen atoms in total. The van der Waals surface area contributed by atoms with E-state index in [-0.39, 0.29) is 12.4 Å². The fraction of sp³-hybridized carbons (Fsp3) is 0.333. The molecule has 1 unspecified atom stereocenters. The Balaban J connectivity index is 0.00000288. The molecule has 2 N–H and O–H groups in total. The molecule has 2 rings (SSSR count). The average molecular weight is 417 g/mol. The summed E-state index contributed by atoms with van der Waals surface area (Å²) < 4.78 is 12.0. The molecule has 132 valence electrons. The number of hydrogen-bond acceptors (Lipinski definition) is 4. The Morgan fingerprint density at radius 1 is 1.21 bits per heavy atom. The van der Waals surface area contributed by atoms with Crippen LogP contribution in [0, 0.1) is 0 Å². The van der Waals surface area contributed by atoms with Crippen molar-refractivity contribution in [2.75, 3.05) is 20.3 Å². The second-order valence-electron chi connectivity index (χ2n) is 5.09. The molecule has 0 aliphatic carbocycles. The van der Waals surface area contributed by atoms with E-state index in [0.717, 1.165) is 21.3 Å². The molecule has 0 heterocycles. The Labute approximate surface area is 157 Å². The standard InChI is InChI=1S/C18H22BrNO3.ClH/c1-3-23-18-14(9-15(19)10-17(18)22-2)11-20-12-16(21)13-7-5-4-6-8-13;/h4-10,16,20-21H,3,11-12H2,1-2H3;1H. The number of ether oxygens (including phenoxy) is 2. The molecule has 0 amide bonds. The van der Waals surface area contributed by atoms with Gasteiger partial charge >= 0.3 is 0 Å². The van der Waals surface area contributed by atoms with Crippen LogP contribution in [0.4, 0.5) is 0 Å². The third kappa shape index (κ3) is 5.67. The summed E-state index contributed by atoms with van der Waals surface area (Å²) in [5.74, 6) is 1.43. The Morgan fingerprint density at radius 2 is 1.92 bits per heavy atom. The van der Waals surface area contributed by atoms with E-state index >= 15 is 0 Å². The second-order valence-corrected chi connectivity index (χ2v) is 6.00. The third-order valence-corrected chi connectivity index (χ3v) is 3.90. The lowest BCUT2D eigenvalue weighted by atomic mass is 10.1. The van der Waals surface area contributed by atoms with Crippen molar-refractivity contribution in [3.63, 3.8) is 0 Å². The van der Waals surface area contributed by atoms with Gasteiger partial charge in [-0.2, -0.15) is 0 Å². The van der Waals surface area contributed by atoms with Crippen LogP contribution in [-0.4, -0.2) is 25.4 Å². The molecular weight excluding hydrogens is 394 g/mol. The summed E-state index contributed by atoms with van der Waals surface area (Å²) >= 11 is 3.48. The average Bonchev–Trinajstić information content (AvgIpc) is 2.57. The summed E-state index contributed by atoms with van der Waals surface area (Å²) in [7, 11) is 1.63. The van der Waals surface area contributed by atoms with E-state index in [4.69, 9.17) is 9.47 Å². The molecule has 0 saturated heterocycles. The molecule has 0 radical (unpaired) electrons. The van der Waals surface area contributed by atoms with Gasteiger partial charge in [0.1, 0.15) is 0 Å². The molecule has 0 aromatic heterocycles. The monoisotopic (exact) mass is 415 g/mol. The highest BCUT2D eigenvalue weighted by Crippen LogP contribution is 2.34. The van der Waals surface area contributed by atoms with Gasteiger partial charge in [0.15, 0.2) is 11.5 Å². The zero-order valence-electron chi connectivity index (χ0n) is 13.8. The van der Waals surface area contributed by atoms with Crippen molar-refractivity contribution in [2.45, 2.75) is 19.6 Å². The zero-order valence-corrected chi connectivity index (χ0v) is 16.2. The first-order valence-corrected chi connectivity index (χ1v) is 8.38. The minimum absolute atomic E-state index is 0. The third-order valence-electron chi connectivity index (χ3n) is 3.44. The number of methoxy groups -OCH3 is 1. The minimum Gasteiger partial charge on any atom is -0.493 e. The van der Waals surface area contributed by atoms with Crippen LogP contribution >= 0.6 is 28.3 Å². The molecule has 0 spiro atoms. The topological polar surface area (TPSA) is 50.7 Å². The number of rotatable bonds is 8. The Kier molecular flexibility index (Phi) is 9.14. The summed E-state index contributed by atoms with van der Waals surface area (Å²) in [5.41, 5.74) is 1.88. The minimum atomic E-state index is -0.541. The lowest BCUT2D eigenvalue weighted by molar-refractivity contribution is 0.174. The van der Waals surface area contributed by atoms with Crippen molar-refractivity contribution in [3.8, 4) is 11.5 Å². The predicted molar refractivity (Wildman–Crippen MR) is 102 cm³/mol. The van der Waals surface area contributed by atoms with Gasteiger partial charge in [-0.25, -0.2) is 0 Å². The van der Waals surface area contributed by atoms with E-state index in [1.165, 1.54) is 0 Å². The SMILES string of the molecule is CCOc1c(CNCC(O)c2ccccc2)cc(Br)cc1OC.Cl. The summed E-state index contributed by atoms with van der Waals surface area (Å²) in [6.45, 7) is 3.55. The van der Waals surface area contributed by atoms with Crippen LogP contribution in [0.3, 0.4) is 0 Å². The first-order valence-electron chi connectivity index (χ1n) is 7.58. The normalized spacial score (nSPS) is 11.5. The van der Waals surface area contributed by atoms with Gasteiger partial charge in [0.2, 0.25) is 0 Å². The van der Waals surface area contributed by atoms with Crippen molar-refractivity contribution in [3.05, 3.63) is 58.1 Å². The quantitative estimate of drug-likeness (QED) is 0.680. The van der Waals surface area contributed by atoms with E-state index in [1.54, 1.807) is 7.11 Å². The largest absolute Gasteiger partial charge is 0.493 e. The number of aliphatic hydroxyl groups excluding tert-OH is 1. The van der Waals surface area contributed by atoms with Crippen molar-refractivity contribution in [1.29, 1.82) is 0 Å². The maximum absolute atomic E-state index is 10.2. The first-order chi connectivity index (χ1) is 11.2. The lowest BCUT2D eigenvalue weighted by Gasteiger charge is -2.17. The molecule has 0 bridgehead atoms. The number of benzene rings is 2. The van der Waals surface area contributed by atoms with Crippen LogP contribution in [0.25, 0.3) is 0 Å². The maximum atomic E-state index is 10.2. The van der Waals surface area contributed by atoms with E-state index in [2.05, 4.69) is 21.2 Å². The lowest BCUT2D eigenvalue weighted by Crippen LogP contribution is -2.21. The van der Waals surface area contributed by atoms with E-state index in [1.807, 2.05) is 49.4 Å². The van der Waals surface area contributed by atoms with Crippen LogP contribution in [0.5, 0.6) is 11.5 Å². The van der Waals surface area contributed by atoms with Gasteiger partial charge < -0.3 is 19.9 Å². The summed E-state index contributed by atoms with van der Waals surface area (Å²) in [5, 5.41) is 13.5. The zero-order chi connectivity index (χ0) is 16.7. The highest BCUT2D eigenvalue weighted by molar-refractivity contribution is 9.10. The Morgan fingerprint density at radius 3 is 2.54 bits per heavy atom. The molecule has 0 aliphatic heterocycles. The molecule has 2 aromatic rings. The molecular formula is C18H23BrClNO3. The molecule has 1 atom stereocenters. The van der Waals surface area contributed by atoms with Crippen molar-refractivity contribution in [1.82, 2.24) is 5.32 Å². The second kappa shape index (κ2) is 10.6. The summed E-state index contributed by atoms with van der Waals surface area (Å²) in [6, 6.07) is 13.5. The van der Waals surface area contributed by atoms with Gasteiger partial charge in [0, 0.05) is 23.1 Å².